The van der Waals surface area contributed by atoms with Crippen molar-refractivity contribution in [3.63, 3.8) is 0 Å². The van der Waals surface area contributed by atoms with Crippen LogP contribution in [-0.2, 0) is 0 Å². The summed E-state index contributed by atoms with van der Waals surface area (Å²) < 4.78 is 10.6. The van der Waals surface area contributed by atoms with E-state index in [1.807, 2.05) is 4.90 Å². The van der Waals surface area contributed by atoms with Gasteiger partial charge < -0.3 is 19.7 Å². The zero-order chi connectivity index (χ0) is 19.4. The van der Waals surface area contributed by atoms with Gasteiger partial charge in [0.05, 0.1) is 14.2 Å². The first-order valence-corrected chi connectivity index (χ1v) is 9.36. The second-order valence-corrected chi connectivity index (χ2v) is 7.14. The number of amides is 1. The van der Waals surface area contributed by atoms with Crippen LogP contribution in [0.25, 0.3) is 0 Å². The molecule has 1 saturated heterocycles. The van der Waals surface area contributed by atoms with Gasteiger partial charge in [-0.1, -0.05) is 6.07 Å². The molecule has 0 spiro atoms. The van der Waals surface area contributed by atoms with Crippen LogP contribution in [0.2, 0.25) is 0 Å². The number of benzene rings is 2. The van der Waals surface area contributed by atoms with E-state index in [0.29, 0.717) is 23.6 Å². The van der Waals surface area contributed by atoms with Crippen molar-refractivity contribution in [2.24, 2.45) is 0 Å². The first-order valence-electron chi connectivity index (χ1n) is 9.36. The number of carbonyl (C=O) groups excluding carboxylic acids is 1. The van der Waals surface area contributed by atoms with Gasteiger partial charge >= 0.3 is 0 Å². The smallest absolute Gasteiger partial charge is 0.254 e. The molecule has 0 aromatic heterocycles. The van der Waals surface area contributed by atoms with Crippen LogP contribution in [0.3, 0.4) is 0 Å². The summed E-state index contributed by atoms with van der Waals surface area (Å²) in [6.07, 6.45) is 2.04. The molecule has 1 aliphatic heterocycles. The normalized spacial score (nSPS) is 16.7. The molecular weight excluding hydrogens is 340 g/mol. The van der Waals surface area contributed by atoms with Gasteiger partial charge in [0.25, 0.3) is 5.91 Å². The molecule has 3 rings (SSSR count). The van der Waals surface area contributed by atoms with Crippen molar-refractivity contribution in [2.75, 3.05) is 32.6 Å². The maximum atomic E-state index is 13.0. The number of hydrogen-bond acceptors (Lipinski definition) is 4. The molecule has 1 N–H and O–H groups in total. The minimum atomic E-state index is 0.0128. The van der Waals surface area contributed by atoms with E-state index in [1.54, 1.807) is 32.4 Å². The molecule has 2 aromatic rings. The molecule has 0 saturated carbocycles. The Morgan fingerprint density at radius 2 is 1.74 bits per heavy atom. The molecule has 0 aliphatic carbocycles. The molecule has 5 nitrogen and oxygen atoms in total. The third kappa shape index (κ3) is 4.54. The van der Waals surface area contributed by atoms with Gasteiger partial charge in [-0.05, 0) is 62.1 Å². The average Bonchev–Trinajstić information content (AvgIpc) is 2.70. The van der Waals surface area contributed by atoms with Crippen molar-refractivity contribution in [1.29, 1.82) is 0 Å². The number of piperidine rings is 1. The molecule has 0 unspecified atom stereocenters. The van der Waals surface area contributed by atoms with E-state index in [-0.39, 0.29) is 11.9 Å². The highest BCUT2D eigenvalue weighted by Gasteiger charge is 2.25. The summed E-state index contributed by atoms with van der Waals surface area (Å²) in [5.74, 6) is 1.26. The van der Waals surface area contributed by atoms with E-state index in [9.17, 15) is 4.79 Å². The maximum Gasteiger partial charge on any atom is 0.254 e. The quantitative estimate of drug-likeness (QED) is 0.865. The number of ether oxygens (including phenoxy) is 2. The molecule has 1 heterocycles. The van der Waals surface area contributed by atoms with Crippen molar-refractivity contribution in [3.8, 4) is 11.5 Å². The van der Waals surface area contributed by atoms with Crippen molar-refractivity contribution in [1.82, 2.24) is 4.90 Å². The lowest BCUT2D eigenvalue weighted by atomic mass is 10.0. The number of carbonyl (C=O) groups is 1. The Labute approximate surface area is 161 Å². The van der Waals surface area contributed by atoms with Crippen LogP contribution in [0, 0.1) is 13.8 Å². The first-order chi connectivity index (χ1) is 13.0. The summed E-state index contributed by atoms with van der Waals surface area (Å²) in [4.78, 5) is 14.9. The molecular formula is C22H28N2O3. The van der Waals surface area contributed by atoms with Crippen molar-refractivity contribution in [2.45, 2.75) is 32.7 Å². The number of nitrogens with one attached hydrogen (secondary N) is 1. The van der Waals surface area contributed by atoms with E-state index in [1.165, 1.54) is 11.1 Å². The highest BCUT2D eigenvalue weighted by Crippen LogP contribution is 2.25. The standard InChI is InChI=1S/C22H28N2O3/c1-15-7-8-18(10-16(15)2)23-19-6-5-9-24(14-19)22(25)17-11-20(26-3)13-21(12-17)27-4/h7-8,10-13,19,23H,5-6,9,14H2,1-4H3/t19-/m1/s1. The van der Waals surface area contributed by atoms with Gasteiger partial charge in [-0.25, -0.2) is 0 Å². The summed E-state index contributed by atoms with van der Waals surface area (Å²) in [5.41, 5.74) is 4.26. The molecule has 144 valence electrons. The zero-order valence-electron chi connectivity index (χ0n) is 16.5. The third-order valence-electron chi connectivity index (χ3n) is 5.18. The highest BCUT2D eigenvalue weighted by atomic mass is 16.5. The van der Waals surface area contributed by atoms with Gasteiger partial charge in [0.15, 0.2) is 0 Å². The molecule has 0 bridgehead atoms. The largest absolute Gasteiger partial charge is 0.497 e. The molecule has 1 fully saturated rings. The van der Waals surface area contributed by atoms with Crippen LogP contribution in [0.5, 0.6) is 11.5 Å². The van der Waals surface area contributed by atoms with Crippen molar-refractivity contribution in [3.05, 3.63) is 53.1 Å². The van der Waals surface area contributed by atoms with Gasteiger partial charge in [-0.15, -0.1) is 0 Å². The monoisotopic (exact) mass is 368 g/mol. The number of aryl methyl sites for hydroxylation is 2. The van der Waals surface area contributed by atoms with Gasteiger partial charge in [-0.3, -0.25) is 4.79 Å². The lowest BCUT2D eigenvalue weighted by Gasteiger charge is -2.34. The minimum absolute atomic E-state index is 0.0128. The Kier molecular flexibility index (Phi) is 5.89. The second kappa shape index (κ2) is 8.33. The summed E-state index contributed by atoms with van der Waals surface area (Å²) in [6, 6.07) is 12.0. The Morgan fingerprint density at radius 3 is 2.37 bits per heavy atom. The molecule has 2 aromatic carbocycles. The fourth-order valence-corrected chi connectivity index (χ4v) is 3.46. The molecule has 1 atom stereocenters. The Hall–Kier alpha value is -2.69. The third-order valence-corrected chi connectivity index (χ3v) is 5.18. The number of rotatable bonds is 5. The van der Waals surface area contributed by atoms with Crippen LogP contribution in [0.15, 0.2) is 36.4 Å². The van der Waals surface area contributed by atoms with E-state index >= 15 is 0 Å². The van der Waals surface area contributed by atoms with E-state index < -0.39 is 0 Å². The van der Waals surface area contributed by atoms with E-state index in [0.717, 1.165) is 25.1 Å². The fourth-order valence-electron chi connectivity index (χ4n) is 3.46. The van der Waals surface area contributed by atoms with Gasteiger partial charge in [0.1, 0.15) is 11.5 Å². The number of anilines is 1. The van der Waals surface area contributed by atoms with Gasteiger partial charge in [-0.2, -0.15) is 0 Å². The summed E-state index contributed by atoms with van der Waals surface area (Å²) >= 11 is 0. The minimum Gasteiger partial charge on any atom is -0.497 e. The number of hydrogen-bond donors (Lipinski definition) is 1. The predicted molar refractivity (Wildman–Crippen MR) is 108 cm³/mol. The summed E-state index contributed by atoms with van der Waals surface area (Å²) in [7, 11) is 3.18. The Balaban J connectivity index is 1.71. The zero-order valence-corrected chi connectivity index (χ0v) is 16.5. The lowest BCUT2D eigenvalue weighted by Crippen LogP contribution is -2.45. The number of likely N-dealkylation sites (tertiary alicyclic amines) is 1. The fraction of sp³-hybridized carbons (Fsp3) is 0.409. The van der Waals surface area contributed by atoms with Crippen LogP contribution >= 0.6 is 0 Å². The summed E-state index contributed by atoms with van der Waals surface area (Å²) in [5, 5.41) is 3.59. The van der Waals surface area contributed by atoms with Gasteiger partial charge in [0, 0.05) is 36.4 Å². The van der Waals surface area contributed by atoms with Crippen LogP contribution < -0.4 is 14.8 Å². The van der Waals surface area contributed by atoms with Crippen molar-refractivity contribution < 1.29 is 14.3 Å². The van der Waals surface area contributed by atoms with Crippen molar-refractivity contribution >= 4 is 11.6 Å². The molecule has 1 aliphatic rings. The topological polar surface area (TPSA) is 50.8 Å². The van der Waals surface area contributed by atoms with Gasteiger partial charge in [0.2, 0.25) is 0 Å². The van der Waals surface area contributed by atoms with Crippen LogP contribution in [0.4, 0.5) is 5.69 Å². The molecule has 5 heteroatoms. The SMILES string of the molecule is COc1cc(OC)cc(C(=O)N2CCC[C@@H](Nc3ccc(C)c(C)c3)C2)c1. The second-order valence-electron chi connectivity index (χ2n) is 7.14. The average molecular weight is 368 g/mol. The highest BCUT2D eigenvalue weighted by molar-refractivity contribution is 5.95. The number of methoxy groups -OCH3 is 2. The van der Waals surface area contributed by atoms with Crippen LogP contribution in [0.1, 0.15) is 34.3 Å². The molecule has 27 heavy (non-hydrogen) atoms. The number of nitrogens with zero attached hydrogens (tertiary/aromatic N) is 1. The van der Waals surface area contributed by atoms with E-state index in [2.05, 4.69) is 37.4 Å². The summed E-state index contributed by atoms with van der Waals surface area (Å²) in [6.45, 7) is 5.69. The Bertz CT molecular complexity index is 797. The molecule has 0 radical (unpaired) electrons. The van der Waals surface area contributed by atoms with Crippen LogP contribution in [-0.4, -0.2) is 44.2 Å². The maximum absolute atomic E-state index is 13.0. The Morgan fingerprint density at radius 1 is 1.04 bits per heavy atom. The molecule has 1 amide bonds. The first kappa shape index (κ1) is 19.1. The lowest BCUT2D eigenvalue weighted by molar-refractivity contribution is 0.0714. The van der Waals surface area contributed by atoms with E-state index in [4.69, 9.17) is 9.47 Å². The predicted octanol–water partition coefficient (Wildman–Crippen LogP) is 4.04.